The van der Waals surface area contributed by atoms with Crippen LogP contribution in [-0.4, -0.2) is 65.8 Å². The lowest BCUT2D eigenvalue weighted by Crippen LogP contribution is -2.33. The number of imidazole rings is 1. The van der Waals surface area contributed by atoms with E-state index in [0.717, 1.165) is 12.8 Å². The molecule has 1 saturated carbocycles. The minimum absolute atomic E-state index is 0.371. The second-order valence-corrected chi connectivity index (χ2v) is 6.80. The maximum absolute atomic E-state index is 10.3. The second-order valence-electron chi connectivity index (χ2n) is 6.80. The van der Waals surface area contributed by atoms with Crippen LogP contribution in [0, 0.1) is 6.92 Å². The van der Waals surface area contributed by atoms with E-state index in [1.807, 2.05) is 0 Å². The van der Waals surface area contributed by atoms with E-state index in [1.54, 1.807) is 11.5 Å². The van der Waals surface area contributed by atoms with Gasteiger partial charge in [-0.05, 0) is 19.8 Å². The van der Waals surface area contributed by atoms with Gasteiger partial charge in [0.05, 0.1) is 12.9 Å². The zero-order valence-electron chi connectivity index (χ0n) is 14.0. The van der Waals surface area contributed by atoms with Crippen molar-refractivity contribution in [3.63, 3.8) is 0 Å². The standard InChI is InChI=1S/C16H23N5O4/c1-8-18-14(20-9-4-2-3-5-9)11-15(19-8)21(7-17-11)16-13(24)12(23)10(6-22)25-16/h7,9-10,12-13,16,22-24H,2-6H2,1H3,(H,18,19,20)/t10-,12-,13-,16?/m1/s1. The Kier molecular flexibility index (Phi) is 4.32. The molecule has 3 heterocycles. The quantitative estimate of drug-likeness (QED) is 0.612. The molecule has 1 aliphatic carbocycles. The average Bonchev–Trinajstić information content (AvgIpc) is 3.29. The summed E-state index contributed by atoms with van der Waals surface area (Å²) in [6.07, 6.45) is 2.15. The number of rotatable bonds is 4. The second kappa shape index (κ2) is 6.49. The maximum atomic E-state index is 10.3. The number of anilines is 1. The predicted molar refractivity (Wildman–Crippen MR) is 88.9 cm³/mol. The minimum Gasteiger partial charge on any atom is -0.394 e. The molecule has 9 heteroatoms. The maximum Gasteiger partial charge on any atom is 0.167 e. The van der Waals surface area contributed by atoms with Gasteiger partial charge in [0.25, 0.3) is 0 Å². The third-order valence-electron chi connectivity index (χ3n) is 5.02. The molecule has 1 saturated heterocycles. The van der Waals surface area contributed by atoms with Crippen molar-refractivity contribution < 1.29 is 20.1 Å². The van der Waals surface area contributed by atoms with E-state index < -0.39 is 24.5 Å². The lowest BCUT2D eigenvalue weighted by atomic mass is 10.1. The van der Waals surface area contributed by atoms with Gasteiger partial charge in [-0.2, -0.15) is 0 Å². The van der Waals surface area contributed by atoms with Crippen molar-refractivity contribution in [1.82, 2.24) is 19.5 Å². The number of hydrogen-bond acceptors (Lipinski definition) is 8. The number of aliphatic hydroxyl groups is 3. The summed E-state index contributed by atoms with van der Waals surface area (Å²) < 4.78 is 7.18. The molecule has 4 N–H and O–H groups in total. The van der Waals surface area contributed by atoms with E-state index >= 15 is 0 Å². The molecule has 1 unspecified atom stereocenters. The lowest BCUT2D eigenvalue weighted by Gasteiger charge is -2.17. The highest BCUT2D eigenvalue weighted by Crippen LogP contribution is 2.33. The molecule has 25 heavy (non-hydrogen) atoms. The zero-order chi connectivity index (χ0) is 17.6. The molecule has 4 atom stereocenters. The smallest absolute Gasteiger partial charge is 0.167 e. The molecule has 136 valence electrons. The van der Waals surface area contributed by atoms with Crippen molar-refractivity contribution in [2.45, 2.75) is 63.2 Å². The van der Waals surface area contributed by atoms with Crippen molar-refractivity contribution in [2.75, 3.05) is 11.9 Å². The molecule has 2 aliphatic rings. The number of aliphatic hydroxyl groups excluding tert-OH is 3. The van der Waals surface area contributed by atoms with Crippen LogP contribution in [0.4, 0.5) is 5.82 Å². The molecule has 1 aliphatic heterocycles. The van der Waals surface area contributed by atoms with Crippen LogP contribution in [0.3, 0.4) is 0 Å². The molecule has 0 spiro atoms. The van der Waals surface area contributed by atoms with Crippen LogP contribution in [0.25, 0.3) is 11.2 Å². The van der Waals surface area contributed by atoms with Crippen molar-refractivity contribution in [3.05, 3.63) is 12.2 Å². The van der Waals surface area contributed by atoms with Gasteiger partial charge < -0.3 is 25.4 Å². The SMILES string of the molecule is Cc1nc(NC2CCCC2)c2ncn(C3O[C@H](CO)[C@@H](O)[C@H]3O)c2n1. The molecule has 2 aromatic heterocycles. The highest BCUT2D eigenvalue weighted by atomic mass is 16.6. The number of ether oxygens (including phenoxy) is 1. The fourth-order valence-electron chi connectivity index (χ4n) is 3.69. The minimum atomic E-state index is -1.17. The van der Waals surface area contributed by atoms with Crippen LogP contribution in [0.2, 0.25) is 0 Å². The summed E-state index contributed by atoms with van der Waals surface area (Å²) in [5.41, 5.74) is 1.14. The first-order valence-electron chi connectivity index (χ1n) is 8.68. The topological polar surface area (TPSA) is 126 Å². The third-order valence-corrected chi connectivity index (χ3v) is 5.02. The Morgan fingerprint density at radius 2 is 2.00 bits per heavy atom. The van der Waals surface area contributed by atoms with E-state index in [2.05, 4.69) is 20.3 Å². The zero-order valence-corrected chi connectivity index (χ0v) is 14.0. The Morgan fingerprint density at radius 1 is 1.24 bits per heavy atom. The Hall–Kier alpha value is -1.81. The van der Waals surface area contributed by atoms with Gasteiger partial charge in [-0.15, -0.1) is 0 Å². The van der Waals surface area contributed by atoms with E-state index in [9.17, 15) is 15.3 Å². The molecule has 2 aromatic rings. The van der Waals surface area contributed by atoms with Gasteiger partial charge in [-0.3, -0.25) is 4.57 Å². The monoisotopic (exact) mass is 349 g/mol. The number of nitrogens with zero attached hydrogens (tertiary/aromatic N) is 4. The molecule has 0 amide bonds. The van der Waals surface area contributed by atoms with Crippen LogP contribution in [0.5, 0.6) is 0 Å². The summed E-state index contributed by atoms with van der Waals surface area (Å²) in [5, 5.41) is 33.0. The number of fused-ring (bicyclic) bond motifs is 1. The third kappa shape index (κ3) is 2.86. The molecule has 4 rings (SSSR count). The van der Waals surface area contributed by atoms with Gasteiger partial charge in [-0.25, -0.2) is 15.0 Å². The van der Waals surface area contributed by atoms with Gasteiger partial charge in [0, 0.05) is 6.04 Å². The van der Waals surface area contributed by atoms with Crippen molar-refractivity contribution in [2.24, 2.45) is 0 Å². The highest BCUT2D eigenvalue weighted by molar-refractivity contribution is 5.83. The number of nitrogens with one attached hydrogen (secondary N) is 1. The van der Waals surface area contributed by atoms with Gasteiger partial charge in [0.2, 0.25) is 0 Å². The normalized spacial score (nSPS) is 30.4. The summed E-state index contributed by atoms with van der Waals surface area (Å²) in [6, 6.07) is 0.386. The Labute approximate surface area is 144 Å². The Balaban J connectivity index is 1.70. The number of aromatic nitrogens is 4. The van der Waals surface area contributed by atoms with Crippen LogP contribution in [-0.2, 0) is 4.74 Å². The van der Waals surface area contributed by atoms with Gasteiger partial charge in [-0.1, -0.05) is 12.8 Å². The average molecular weight is 349 g/mol. The Morgan fingerprint density at radius 3 is 2.68 bits per heavy atom. The number of aryl methyl sites for hydroxylation is 1. The van der Waals surface area contributed by atoms with Crippen molar-refractivity contribution in [3.8, 4) is 0 Å². The molecule has 0 bridgehead atoms. The first-order valence-corrected chi connectivity index (χ1v) is 8.68. The van der Waals surface area contributed by atoms with Crippen LogP contribution in [0.1, 0.15) is 37.7 Å². The lowest BCUT2D eigenvalue weighted by molar-refractivity contribution is -0.0511. The van der Waals surface area contributed by atoms with E-state index in [0.29, 0.717) is 28.8 Å². The summed E-state index contributed by atoms with van der Waals surface area (Å²) >= 11 is 0. The highest BCUT2D eigenvalue weighted by Gasteiger charge is 2.44. The fraction of sp³-hybridized carbons (Fsp3) is 0.688. The van der Waals surface area contributed by atoms with E-state index in [1.165, 1.54) is 19.2 Å². The molecule has 2 fully saturated rings. The Bertz CT molecular complexity index is 760. The van der Waals surface area contributed by atoms with Crippen LogP contribution in [0.15, 0.2) is 6.33 Å². The van der Waals surface area contributed by atoms with Crippen molar-refractivity contribution >= 4 is 17.0 Å². The van der Waals surface area contributed by atoms with E-state index in [4.69, 9.17) is 4.74 Å². The summed E-state index contributed by atoms with van der Waals surface area (Å²) in [7, 11) is 0. The summed E-state index contributed by atoms with van der Waals surface area (Å²) in [6.45, 7) is 1.43. The first-order chi connectivity index (χ1) is 12.1. The molecular weight excluding hydrogens is 326 g/mol. The largest absolute Gasteiger partial charge is 0.394 e. The molecular formula is C16H23N5O4. The summed E-state index contributed by atoms with van der Waals surface area (Å²) in [4.78, 5) is 13.3. The fourth-order valence-corrected chi connectivity index (χ4v) is 3.69. The van der Waals surface area contributed by atoms with Crippen LogP contribution >= 0.6 is 0 Å². The van der Waals surface area contributed by atoms with Gasteiger partial charge in [0.15, 0.2) is 23.2 Å². The van der Waals surface area contributed by atoms with Crippen LogP contribution < -0.4 is 5.32 Å². The first kappa shape index (κ1) is 16.6. The van der Waals surface area contributed by atoms with Gasteiger partial charge in [0.1, 0.15) is 24.1 Å². The molecule has 0 radical (unpaired) electrons. The van der Waals surface area contributed by atoms with E-state index in [-0.39, 0.29) is 6.61 Å². The molecule has 0 aromatic carbocycles. The summed E-state index contributed by atoms with van der Waals surface area (Å²) in [5.74, 6) is 1.27. The molecule has 9 nitrogen and oxygen atoms in total. The van der Waals surface area contributed by atoms with Gasteiger partial charge >= 0.3 is 0 Å². The number of hydrogen-bond donors (Lipinski definition) is 4. The predicted octanol–water partition coefficient (Wildman–Crippen LogP) is 0.101. The van der Waals surface area contributed by atoms with Crippen molar-refractivity contribution in [1.29, 1.82) is 0 Å².